The van der Waals surface area contributed by atoms with Gasteiger partial charge < -0.3 is 20.1 Å². The lowest BCUT2D eigenvalue weighted by molar-refractivity contribution is -0.0504. The number of halogens is 3. The first-order valence-corrected chi connectivity index (χ1v) is 8.04. The number of nitrogens with zero attached hydrogens (tertiary/aromatic N) is 1. The Morgan fingerprint density at radius 1 is 1.20 bits per heavy atom. The smallest absolute Gasteiger partial charge is 0.387 e. The van der Waals surface area contributed by atoms with E-state index in [1.807, 2.05) is 13.0 Å². The minimum Gasteiger partial charge on any atom is -0.434 e. The van der Waals surface area contributed by atoms with Crippen LogP contribution in [0.3, 0.4) is 0 Å². The quantitative estimate of drug-likeness (QED) is 0.237. The maximum absolute atomic E-state index is 12.5. The van der Waals surface area contributed by atoms with E-state index in [-0.39, 0.29) is 29.7 Å². The number of rotatable bonds is 10. The first-order valence-electron chi connectivity index (χ1n) is 8.04. The lowest BCUT2D eigenvalue weighted by Crippen LogP contribution is -2.37. The molecule has 0 fully saturated rings. The summed E-state index contributed by atoms with van der Waals surface area (Å²) in [7, 11) is 3.37. The highest BCUT2D eigenvalue weighted by Gasteiger charge is 2.10. The highest BCUT2D eigenvalue weighted by molar-refractivity contribution is 14.0. The zero-order valence-corrected chi connectivity index (χ0v) is 17.3. The fourth-order valence-electron chi connectivity index (χ4n) is 2.21. The van der Waals surface area contributed by atoms with Crippen molar-refractivity contribution >= 4 is 29.9 Å². The van der Waals surface area contributed by atoms with Crippen LogP contribution in [0.4, 0.5) is 8.78 Å². The Morgan fingerprint density at radius 3 is 2.60 bits per heavy atom. The van der Waals surface area contributed by atoms with Crippen molar-refractivity contribution in [3.63, 3.8) is 0 Å². The van der Waals surface area contributed by atoms with Crippen LogP contribution in [-0.2, 0) is 11.3 Å². The molecule has 5 nitrogen and oxygen atoms in total. The Bertz CT molecular complexity index is 517. The van der Waals surface area contributed by atoms with E-state index >= 15 is 0 Å². The fourth-order valence-corrected chi connectivity index (χ4v) is 2.21. The summed E-state index contributed by atoms with van der Waals surface area (Å²) in [6, 6.07) is 5.13. The van der Waals surface area contributed by atoms with Gasteiger partial charge in [-0.15, -0.1) is 24.0 Å². The molecular weight excluding hydrogens is 443 g/mol. The molecule has 25 heavy (non-hydrogen) atoms. The highest BCUT2D eigenvalue weighted by Crippen LogP contribution is 2.21. The normalized spacial score (nSPS) is 11.2. The molecule has 0 aromatic heterocycles. The van der Waals surface area contributed by atoms with Crippen LogP contribution in [0.15, 0.2) is 23.2 Å². The zero-order chi connectivity index (χ0) is 17.8. The van der Waals surface area contributed by atoms with Crippen LogP contribution in [0.2, 0.25) is 0 Å². The number of hydrogen-bond donors (Lipinski definition) is 2. The van der Waals surface area contributed by atoms with Crippen LogP contribution in [0.5, 0.6) is 5.75 Å². The maximum Gasteiger partial charge on any atom is 0.387 e. The van der Waals surface area contributed by atoms with Crippen LogP contribution in [0, 0.1) is 6.92 Å². The molecule has 2 N–H and O–H groups in total. The van der Waals surface area contributed by atoms with Gasteiger partial charge in [0.05, 0.1) is 0 Å². The molecule has 0 bridgehead atoms. The summed E-state index contributed by atoms with van der Waals surface area (Å²) in [5.74, 6) is 0.810. The number of hydrogen-bond acceptors (Lipinski definition) is 3. The van der Waals surface area contributed by atoms with Crippen molar-refractivity contribution in [2.45, 2.75) is 39.3 Å². The van der Waals surface area contributed by atoms with Crippen molar-refractivity contribution in [3.05, 3.63) is 29.3 Å². The van der Waals surface area contributed by atoms with Crippen molar-refractivity contribution in [2.75, 3.05) is 27.3 Å². The number of unbranched alkanes of at least 4 members (excludes halogenated alkanes) is 2. The van der Waals surface area contributed by atoms with Gasteiger partial charge in [-0.2, -0.15) is 8.78 Å². The number of nitrogens with one attached hydrogen (secondary N) is 2. The van der Waals surface area contributed by atoms with Gasteiger partial charge in [-0.1, -0.05) is 17.7 Å². The van der Waals surface area contributed by atoms with Crippen LogP contribution in [0.25, 0.3) is 0 Å². The standard InChI is InChI=1S/C17H27F2N3O2.HI/c1-13-7-8-15(24-16(18)19)14(11-13)12-22-17(20-2)21-9-5-4-6-10-23-3;/h7-8,11,16H,4-6,9-10,12H2,1-3H3,(H2,20,21,22);1H. The molecular formula is C17H28F2IN3O2. The first kappa shape index (κ1) is 23.8. The molecule has 0 atom stereocenters. The lowest BCUT2D eigenvalue weighted by Gasteiger charge is -2.15. The fraction of sp³-hybridized carbons (Fsp3) is 0.588. The van der Waals surface area contributed by atoms with Crippen LogP contribution < -0.4 is 15.4 Å². The average Bonchev–Trinajstić information content (AvgIpc) is 2.55. The van der Waals surface area contributed by atoms with Gasteiger partial charge in [0, 0.05) is 39.4 Å². The number of ether oxygens (including phenoxy) is 2. The van der Waals surface area contributed by atoms with Crippen molar-refractivity contribution in [1.29, 1.82) is 0 Å². The number of guanidine groups is 1. The molecule has 0 saturated heterocycles. The third-order valence-electron chi connectivity index (χ3n) is 3.42. The third-order valence-corrected chi connectivity index (χ3v) is 3.42. The van der Waals surface area contributed by atoms with E-state index in [0.29, 0.717) is 18.1 Å². The number of aliphatic imine (C=N–C) groups is 1. The Morgan fingerprint density at radius 2 is 1.96 bits per heavy atom. The van der Waals surface area contributed by atoms with E-state index < -0.39 is 6.61 Å². The Labute approximate surface area is 165 Å². The Kier molecular flexibility index (Phi) is 13.4. The number of methoxy groups -OCH3 is 1. The lowest BCUT2D eigenvalue weighted by atomic mass is 10.1. The predicted molar refractivity (Wildman–Crippen MR) is 107 cm³/mol. The topological polar surface area (TPSA) is 54.9 Å². The molecule has 0 aliphatic carbocycles. The van der Waals surface area contributed by atoms with Crippen LogP contribution >= 0.6 is 24.0 Å². The largest absolute Gasteiger partial charge is 0.434 e. The first-order chi connectivity index (χ1) is 11.6. The van der Waals surface area contributed by atoms with E-state index in [2.05, 4.69) is 20.4 Å². The van der Waals surface area contributed by atoms with Gasteiger partial charge in [-0.3, -0.25) is 4.99 Å². The van der Waals surface area contributed by atoms with Crippen LogP contribution in [0.1, 0.15) is 30.4 Å². The summed E-state index contributed by atoms with van der Waals surface area (Å²) in [6.45, 7) is 0.983. The minimum atomic E-state index is -2.84. The summed E-state index contributed by atoms with van der Waals surface area (Å²) >= 11 is 0. The third kappa shape index (κ3) is 10.4. The highest BCUT2D eigenvalue weighted by atomic mass is 127. The molecule has 1 aromatic carbocycles. The summed E-state index contributed by atoms with van der Waals surface area (Å²) in [4.78, 5) is 4.13. The molecule has 0 aliphatic rings. The van der Waals surface area contributed by atoms with E-state index in [4.69, 9.17) is 4.74 Å². The number of alkyl halides is 2. The number of aryl methyl sites for hydroxylation is 1. The molecule has 0 unspecified atom stereocenters. The predicted octanol–water partition coefficient (Wildman–Crippen LogP) is 3.70. The van der Waals surface area contributed by atoms with E-state index in [1.54, 1.807) is 26.3 Å². The van der Waals surface area contributed by atoms with Gasteiger partial charge in [0.15, 0.2) is 5.96 Å². The van der Waals surface area contributed by atoms with Crippen molar-refractivity contribution < 1.29 is 18.3 Å². The summed E-state index contributed by atoms with van der Waals surface area (Å²) < 4.78 is 34.5. The molecule has 0 aliphatic heterocycles. The van der Waals surface area contributed by atoms with Gasteiger partial charge in [0.25, 0.3) is 0 Å². The van der Waals surface area contributed by atoms with E-state index in [1.165, 1.54) is 0 Å². The Hall–Kier alpha value is -1.16. The molecule has 8 heteroatoms. The zero-order valence-electron chi connectivity index (χ0n) is 15.0. The van der Waals surface area contributed by atoms with Gasteiger partial charge in [-0.05, 0) is 32.3 Å². The SMILES string of the molecule is CN=C(NCCCCCOC)NCc1cc(C)ccc1OC(F)F.I. The molecule has 1 aromatic rings. The van der Waals surface area contributed by atoms with Gasteiger partial charge in [0.1, 0.15) is 5.75 Å². The molecule has 1 rings (SSSR count). The van der Waals surface area contributed by atoms with Gasteiger partial charge in [-0.25, -0.2) is 0 Å². The van der Waals surface area contributed by atoms with E-state index in [9.17, 15) is 8.78 Å². The molecule has 0 radical (unpaired) electrons. The molecule has 0 saturated carbocycles. The average molecular weight is 471 g/mol. The van der Waals surface area contributed by atoms with Crippen molar-refractivity contribution in [3.8, 4) is 5.75 Å². The Balaban J connectivity index is 0.00000576. The number of benzene rings is 1. The monoisotopic (exact) mass is 471 g/mol. The summed E-state index contributed by atoms with van der Waals surface area (Å²) in [5.41, 5.74) is 1.65. The van der Waals surface area contributed by atoms with Crippen molar-refractivity contribution in [1.82, 2.24) is 10.6 Å². The molecule has 0 spiro atoms. The minimum absolute atomic E-state index is 0. The molecule has 144 valence electrons. The molecule has 0 heterocycles. The summed E-state index contributed by atoms with van der Waals surface area (Å²) in [6.07, 6.45) is 3.11. The summed E-state index contributed by atoms with van der Waals surface area (Å²) in [5, 5.41) is 6.32. The maximum atomic E-state index is 12.5. The van der Waals surface area contributed by atoms with Gasteiger partial charge >= 0.3 is 6.61 Å². The second-order valence-electron chi connectivity index (χ2n) is 5.40. The molecule has 0 amide bonds. The van der Waals surface area contributed by atoms with E-state index in [0.717, 1.165) is 38.0 Å². The van der Waals surface area contributed by atoms with Gasteiger partial charge in [0.2, 0.25) is 0 Å². The van der Waals surface area contributed by atoms with Crippen molar-refractivity contribution in [2.24, 2.45) is 4.99 Å². The second-order valence-corrected chi connectivity index (χ2v) is 5.40. The van der Waals surface area contributed by atoms with Crippen LogP contribution in [-0.4, -0.2) is 39.9 Å². The second kappa shape index (κ2) is 14.1.